The van der Waals surface area contributed by atoms with Gasteiger partial charge in [0.15, 0.2) is 0 Å². The van der Waals surface area contributed by atoms with E-state index in [4.69, 9.17) is 4.74 Å². The summed E-state index contributed by atoms with van der Waals surface area (Å²) in [5, 5.41) is 11.7. The largest absolute Gasteiger partial charge is 0.508 e. The molecule has 0 bridgehead atoms. The van der Waals surface area contributed by atoms with Crippen molar-refractivity contribution in [1.29, 1.82) is 0 Å². The molecule has 1 amide bonds. The van der Waals surface area contributed by atoms with Crippen molar-refractivity contribution in [3.8, 4) is 5.75 Å². The van der Waals surface area contributed by atoms with Gasteiger partial charge in [0.05, 0.1) is 0 Å². The van der Waals surface area contributed by atoms with E-state index in [9.17, 15) is 14.7 Å². The molecule has 0 unspecified atom stereocenters. The van der Waals surface area contributed by atoms with Gasteiger partial charge < -0.3 is 15.2 Å². The molecule has 0 heterocycles. The molecule has 1 atom stereocenters. The number of benzene rings is 2. The molecule has 5 heteroatoms. The molecule has 0 aliphatic heterocycles. The molecule has 0 fully saturated rings. The third kappa shape index (κ3) is 4.94. The second-order valence-electron chi connectivity index (χ2n) is 4.75. The van der Waals surface area contributed by atoms with Crippen molar-refractivity contribution in [2.24, 2.45) is 0 Å². The fraction of sp³-hybridized carbons (Fsp3) is 0.176. The summed E-state index contributed by atoms with van der Waals surface area (Å²) in [7, 11) is 0. The Labute approximate surface area is 128 Å². The van der Waals surface area contributed by atoms with E-state index in [1.165, 1.54) is 12.1 Å². The quantitative estimate of drug-likeness (QED) is 0.858. The van der Waals surface area contributed by atoms with Gasteiger partial charge in [-0.2, -0.15) is 0 Å². The van der Waals surface area contributed by atoms with Crippen LogP contribution in [0.15, 0.2) is 54.6 Å². The van der Waals surface area contributed by atoms with Crippen LogP contribution in [0.2, 0.25) is 0 Å². The Morgan fingerprint density at radius 1 is 1.09 bits per heavy atom. The zero-order chi connectivity index (χ0) is 15.8. The summed E-state index contributed by atoms with van der Waals surface area (Å²) < 4.78 is 5.05. The number of hydrogen-bond acceptors (Lipinski definition) is 4. The number of aromatic hydroxyl groups is 1. The minimum absolute atomic E-state index is 0.136. The lowest BCUT2D eigenvalue weighted by Crippen LogP contribution is -2.37. The van der Waals surface area contributed by atoms with Crippen molar-refractivity contribution < 1.29 is 19.4 Å². The Morgan fingerprint density at radius 3 is 2.41 bits per heavy atom. The Hall–Kier alpha value is -2.82. The summed E-state index contributed by atoms with van der Waals surface area (Å²) >= 11 is 0. The van der Waals surface area contributed by atoms with Gasteiger partial charge in [0.2, 0.25) is 6.29 Å². The maximum atomic E-state index is 11.7. The highest BCUT2D eigenvalue weighted by molar-refractivity contribution is 5.73. The van der Waals surface area contributed by atoms with E-state index < -0.39 is 12.1 Å². The van der Waals surface area contributed by atoms with Crippen LogP contribution in [0.3, 0.4) is 0 Å². The second kappa shape index (κ2) is 7.83. The molecule has 22 heavy (non-hydrogen) atoms. The number of carbonyl (C=O) groups excluding carboxylic acids is 2. The Kier molecular flexibility index (Phi) is 5.54. The molecule has 0 saturated carbocycles. The third-order valence-electron chi connectivity index (χ3n) is 3.02. The van der Waals surface area contributed by atoms with Crippen molar-refractivity contribution in [1.82, 2.24) is 5.32 Å². The van der Waals surface area contributed by atoms with Gasteiger partial charge in [-0.3, -0.25) is 4.79 Å². The SMILES string of the molecule is O=[C][C@H](Cc1ccc(O)cc1)NC(=O)OCc1ccccc1. The fourth-order valence-electron chi connectivity index (χ4n) is 1.90. The number of hydrogen-bond donors (Lipinski definition) is 2. The lowest BCUT2D eigenvalue weighted by atomic mass is 10.1. The van der Waals surface area contributed by atoms with Crippen LogP contribution in [-0.4, -0.2) is 23.5 Å². The first kappa shape index (κ1) is 15.6. The van der Waals surface area contributed by atoms with E-state index >= 15 is 0 Å². The van der Waals surface area contributed by atoms with Crippen LogP contribution < -0.4 is 5.32 Å². The molecule has 2 N–H and O–H groups in total. The van der Waals surface area contributed by atoms with Crippen molar-refractivity contribution >= 4 is 12.4 Å². The average Bonchev–Trinajstić information content (AvgIpc) is 2.55. The summed E-state index contributed by atoms with van der Waals surface area (Å²) in [6.45, 7) is 0.136. The number of amides is 1. The average molecular weight is 298 g/mol. The summed E-state index contributed by atoms with van der Waals surface area (Å²) in [6.07, 6.45) is 1.38. The molecule has 1 radical (unpaired) electrons. The molecule has 0 aliphatic carbocycles. The van der Waals surface area contributed by atoms with E-state index in [2.05, 4.69) is 5.32 Å². The predicted molar refractivity (Wildman–Crippen MR) is 81.1 cm³/mol. The smallest absolute Gasteiger partial charge is 0.408 e. The maximum absolute atomic E-state index is 11.7. The predicted octanol–water partition coefficient (Wildman–Crippen LogP) is 2.34. The van der Waals surface area contributed by atoms with Crippen LogP contribution in [0.4, 0.5) is 4.79 Å². The van der Waals surface area contributed by atoms with Crippen LogP contribution in [0.5, 0.6) is 5.75 Å². The summed E-state index contributed by atoms with van der Waals surface area (Å²) in [6, 6.07) is 14.8. The van der Waals surface area contributed by atoms with Crippen molar-refractivity contribution in [3.05, 3.63) is 65.7 Å². The van der Waals surface area contributed by atoms with Gasteiger partial charge in [-0.05, 0) is 23.3 Å². The second-order valence-corrected chi connectivity index (χ2v) is 4.75. The van der Waals surface area contributed by atoms with Gasteiger partial charge in [0.1, 0.15) is 18.4 Å². The molecular formula is C17H16NO4. The zero-order valence-electron chi connectivity index (χ0n) is 11.9. The molecule has 113 valence electrons. The Morgan fingerprint density at radius 2 is 1.77 bits per heavy atom. The highest BCUT2D eigenvalue weighted by Crippen LogP contribution is 2.11. The van der Waals surface area contributed by atoms with Crippen LogP contribution >= 0.6 is 0 Å². The van der Waals surface area contributed by atoms with E-state index in [1.807, 2.05) is 30.3 Å². The van der Waals surface area contributed by atoms with Crippen molar-refractivity contribution in [3.63, 3.8) is 0 Å². The van der Waals surface area contributed by atoms with Gasteiger partial charge in [-0.15, -0.1) is 0 Å². The summed E-state index contributed by atoms with van der Waals surface area (Å²) in [5.74, 6) is 0.144. The normalized spacial score (nSPS) is 11.5. The van der Waals surface area contributed by atoms with Gasteiger partial charge >= 0.3 is 6.09 Å². The fourth-order valence-corrected chi connectivity index (χ4v) is 1.90. The van der Waals surface area contributed by atoms with Crippen LogP contribution in [0.1, 0.15) is 11.1 Å². The number of nitrogens with one attached hydrogen (secondary N) is 1. The summed E-state index contributed by atoms with van der Waals surface area (Å²) in [4.78, 5) is 22.6. The van der Waals surface area contributed by atoms with Gasteiger partial charge in [0.25, 0.3) is 0 Å². The number of ether oxygens (including phenoxy) is 1. The number of phenolic OH excluding ortho intramolecular Hbond substituents is 1. The number of carbonyl (C=O) groups is 1. The van der Waals surface area contributed by atoms with Crippen molar-refractivity contribution in [2.75, 3.05) is 0 Å². The zero-order valence-corrected chi connectivity index (χ0v) is 11.9. The third-order valence-corrected chi connectivity index (χ3v) is 3.02. The highest BCUT2D eigenvalue weighted by atomic mass is 16.5. The number of rotatable bonds is 6. The molecule has 2 aromatic rings. The van der Waals surface area contributed by atoms with Crippen molar-refractivity contribution in [2.45, 2.75) is 19.1 Å². The number of alkyl carbamates (subject to hydrolysis) is 1. The van der Waals surface area contributed by atoms with E-state index in [-0.39, 0.29) is 18.8 Å². The minimum Gasteiger partial charge on any atom is -0.508 e. The number of phenols is 1. The maximum Gasteiger partial charge on any atom is 0.408 e. The van der Waals surface area contributed by atoms with E-state index in [0.717, 1.165) is 11.1 Å². The van der Waals surface area contributed by atoms with Gasteiger partial charge in [-0.1, -0.05) is 42.5 Å². The van der Waals surface area contributed by atoms with E-state index in [0.29, 0.717) is 0 Å². The minimum atomic E-state index is -0.798. The monoisotopic (exact) mass is 298 g/mol. The molecule has 2 aromatic carbocycles. The molecule has 0 aliphatic rings. The molecule has 0 saturated heterocycles. The summed E-state index contributed by atoms with van der Waals surface area (Å²) in [5.41, 5.74) is 1.66. The molecule has 0 spiro atoms. The van der Waals surface area contributed by atoms with Crippen LogP contribution in [-0.2, 0) is 22.6 Å². The first-order valence-corrected chi connectivity index (χ1v) is 6.80. The standard InChI is InChI=1S/C17H16NO4/c19-11-15(10-13-6-8-16(20)9-7-13)18-17(21)22-12-14-4-2-1-3-5-14/h1-9,15,20H,10,12H2,(H,18,21)/t15-/m0/s1. The van der Waals surface area contributed by atoms with Crippen LogP contribution in [0.25, 0.3) is 0 Å². The van der Waals surface area contributed by atoms with Gasteiger partial charge in [-0.25, -0.2) is 4.79 Å². The lowest BCUT2D eigenvalue weighted by molar-refractivity contribution is 0.138. The molecule has 5 nitrogen and oxygen atoms in total. The first-order valence-electron chi connectivity index (χ1n) is 6.80. The Bertz CT molecular complexity index is 610. The van der Waals surface area contributed by atoms with E-state index in [1.54, 1.807) is 18.4 Å². The molecule has 0 aromatic heterocycles. The first-order chi connectivity index (χ1) is 10.7. The lowest BCUT2D eigenvalue weighted by Gasteiger charge is -2.12. The molecule has 2 rings (SSSR count). The van der Waals surface area contributed by atoms with Gasteiger partial charge in [0, 0.05) is 6.42 Å². The highest BCUT2D eigenvalue weighted by Gasteiger charge is 2.14. The molecular weight excluding hydrogens is 282 g/mol. The van der Waals surface area contributed by atoms with Crippen LogP contribution in [0, 0.1) is 0 Å². The topological polar surface area (TPSA) is 75.6 Å². The Balaban J connectivity index is 1.83.